The van der Waals surface area contributed by atoms with E-state index in [4.69, 9.17) is 10.5 Å². The van der Waals surface area contributed by atoms with Crippen LogP contribution in [-0.2, 0) is 9.53 Å². The minimum atomic E-state index is 0.0567. The summed E-state index contributed by atoms with van der Waals surface area (Å²) in [7, 11) is 1.68. The number of ether oxygens (including phenoxy) is 1. The molecule has 2 aliphatic rings. The first-order valence-electron chi connectivity index (χ1n) is 6.79. The molecule has 0 aromatic heterocycles. The lowest BCUT2D eigenvalue weighted by Gasteiger charge is -2.33. The molecule has 2 atom stereocenters. The molecule has 0 bridgehead atoms. The van der Waals surface area contributed by atoms with Crippen molar-refractivity contribution in [3.63, 3.8) is 0 Å². The van der Waals surface area contributed by atoms with Crippen LogP contribution < -0.4 is 5.73 Å². The van der Waals surface area contributed by atoms with Gasteiger partial charge in [-0.3, -0.25) is 4.79 Å². The molecule has 17 heavy (non-hydrogen) atoms. The van der Waals surface area contributed by atoms with Crippen molar-refractivity contribution in [1.29, 1.82) is 0 Å². The number of hydrogen-bond donors (Lipinski definition) is 1. The summed E-state index contributed by atoms with van der Waals surface area (Å²) >= 11 is 0. The molecule has 2 N–H and O–H groups in total. The van der Waals surface area contributed by atoms with E-state index < -0.39 is 0 Å². The molecule has 0 saturated heterocycles. The first kappa shape index (κ1) is 12.8. The predicted molar refractivity (Wildman–Crippen MR) is 66.5 cm³/mol. The summed E-state index contributed by atoms with van der Waals surface area (Å²) in [5, 5.41) is 0. The van der Waals surface area contributed by atoms with Crippen molar-refractivity contribution in [2.45, 2.75) is 50.6 Å². The molecule has 4 nitrogen and oxygen atoms in total. The fourth-order valence-electron chi connectivity index (χ4n) is 2.73. The number of rotatable bonds is 5. The second kappa shape index (κ2) is 5.83. The molecule has 0 aromatic carbocycles. The van der Waals surface area contributed by atoms with Gasteiger partial charge >= 0.3 is 0 Å². The van der Waals surface area contributed by atoms with Gasteiger partial charge in [0, 0.05) is 25.7 Å². The third-order valence-corrected chi connectivity index (χ3v) is 3.94. The highest BCUT2D eigenvalue weighted by atomic mass is 16.5. The van der Waals surface area contributed by atoms with Crippen molar-refractivity contribution in [2.24, 2.45) is 11.7 Å². The zero-order valence-electron chi connectivity index (χ0n) is 10.7. The molecule has 2 aliphatic carbocycles. The Hall–Kier alpha value is -0.610. The van der Waals surface area contributed by atoms with Crippen molar-refractivity contribution < 1.29 is 9.53 Å². The molecule has 0 aliphatic heterocycles. The third kappa shape index (κ3) is 3.19. The lowest BCUT2D eigenvalue weighted by atomic mass is 9.84. The van der Waals surface area contributed by atoms with Crippen LogP contribution in [0.3, 0.4) is 0 Å². The number of nitrogens with zero attached hydrogens (tertiary/aromatic N) is 1. The van der Waals surface area contributed by atoms with Gasteiger partial charge < -0.3 is 15.4 Å². The summed E-state index contributed by atoms with van der Waals surface area (Å²) in [4.78, 5) is 14.5. The number of methoxy groups -OCH3 is 1. The van der Waals surface area contributed by atoms with Crippen LogP contribution in [0.15, 0.2) is 0 Å². The van der Waals surface area contributed by atoms with Gasteiger partial charge in [0.1, 0.15) is 0 Å². The minimum absolute atomic E-state index is 0.0567. The maximum atomic E-state index is 12.5. The van der Waals surface area contributed by atoms with Gasteiger partial charge in [-0.25, -0.2) is 0 Å². The molecule has 98 valence electrons. The van der Waals surface area contributed by atoms with Gasteiger partial charge in [-0.15, -0.1) is 0 Å². The lowest BCUT2D eigenvalue weighted by Crippen LogP contribution is -2.47. The van der Waals surface area contributed by atoms with Crippen molar-refractivity contribution in [3.05, 3.63) is 0 Å². The molecule has 2 saturated carbocycles. The van der Waals surface area contributed by atoms with Crippen LogP contribution in [0.4, 0.5) is 0 Å². The van der Waals surface area contributed by atoms with Gasteiger partial charge in [-0.1, -0.05) is 12.8 Å². The number of hydrogen-bond acceptors (Lipinski definition) is 3. The van der Waals surface area contributed by atoms with Crippen LogP contribution in [0, 0.1) is 5.92 Å². The van der Waals surface area contributed by atoms with E-state index in [1.54, 1.807) is 7.11 Å². The summed E-state index contributed by atoms with van der Waals surface area (Å²) < 4.78 is 5.09. The van der Waals surface area contributed by atoms with Gasteiger partial charge in [0.25, 0.3) is 0 Å². The smallest absolute Gasteiger partial charge is 0.227 e. The number of carbonyl (C=O) groups is 1. The Bertz CT molecular complexity index is 266. The van der Waals surface area contributed by atoms with E-state index in [0.717, 1.165) is 38.6 Å². The Balaban J connectivity index is 1.94. The molecule has 0 heterocycles. The first-order valence-corrected chi connectivity index (χ1v) is 6.79. The maximum Gasteiger partial charge on any atom is 0.227 e. The summed E-state index contributed by atoms with van der Waals surface area (Å²) in [5.74, 6) is 0.331. The van der Waals surface area contributed by atoms with E-state index in [1.807, 2.05) is 4.90 Å². The number of nitrogens with two attached hydrogens (primary N) is 1. The molecule has 2 unspecified atom stereocenters. The lowest BCUT2D eigenvalue weighted by molar-refractivity contribution is -0.138. The van der Waals surface area contributed by atoms with E-state index >= 15 is 0 Å². The third-order valence-electron chi connectivity index (χ3n) is 3.94. The quantitative estimate of drug-likeness (QED) is 0.784. The zero-order chi connectivity index (χ0) is 12.3. The molecule has 0 aromatic rings. The Morgan fingerprint density at radius 2 is 2.00 bits per heavy atom. The second-order valence-electron chi connectivity index (χ2n) is 5.31. The van der Waals surface area contributed by atoms with Crippen LogP contribution in [-0.4, -0.2) is 43.2 Å². The van der Waals surface area contributed by atoms with Gasteiger partial charge in [-0.2, -0.15) is 0 Å². The summed E-state index contributed by atoms with van der Waals surface area (Å²) in [6.07, 6.45) is 6.59. The van der Waals surface area contributed by atoms with Crippen LogP contribution >= 0.6 is 0 Å². The van der Waals surface area contributed by atoms with Gasteiger partial charge in [0.2, 0.25) is 5.91 Å². The van der Waals surface area contributed by atoms with Crippen LogP contribution in [0.25, 0.3) is 0 Å². The Morgan fingerprint density at radius 3 is 2.59 bits per heavy atom. The summed E-state index contributed by atoms with van der Waals surface area (Å²) in [6.45, 7) is 1.35. The fraction of sp³-hybridized carbons (Fsp3) is 0.923. The van der Waals surface area contributed by atoms with Gasteiger partial charge in [0.15, 0.2) is 0 Å². The SMILES string of the molecule is COCCN(C(=O)C1CCCCC1N)C1CC1. The van der Waals surface area contributed by atoms with Crippen LogP contribution in [0.2, 0.25) is 0 Å². The Labute approximate surface area is 103 Å². The predicted octanol–water partition coefficient (Wildman–Crippen LogP) is 1.14. The topological polar surface area (TPSA) is 55.6 Å². The number of amides is 1. The monoisotopic (exact) mass is 240 g/mol. The van der Waals surface area contributed by atoms with Crippen LogP contribution in [0.5, 0.6) is 0 Å². The minimum Gasteiger partial charge on any atom is -0.383 e. The van der Waals surface area contributed by atoms with E-state index in [1.165, 1.54) is 6.42 Å². The average Bonchev–Trinajstić information content (AvgIpc) is 3.14. The maximum absolute atomic E-state index is 12.5. The highest BCUT2D eigenvalue weighted by Gasteiger charge is 2.38. The highest BCUT2D eigenvalue weighted by Crippen LogP contribution is 2.31. The van der Waals surface area contributed by atoms with Crippen molar-refractivity contribution in [1.82, 2.24) is 4.90 Å². The number of carbonyl (C=O) groups excluding carboxylic acids is 1. The Morgan fingerprint density at radius 1 is 1.29 bits per heavy atom. The van der Waals surface area contributed by atoms with Crippen molar-refractivity contribution >= 4 is 5.91 Å². The van der Waals surface area contributed by atoms with Gasteiger partial charge in [0.05, 0.1) is 12.5 Å². The van der Waals surface area contributed by atoms with Crippen LogP contribution in [0.1, 0.15) is 38.5 Å². The zero-order valence-corrected chi connectivity index (χ0v) is 10.7. The van der Waals surface area contributed by atoms with E-state index in [2.05, 4.69) is 0 Å². The standard InChI is InChI=1S/C13H24N2O2/c1-17-9-8-15(10-6-7-10)13(16)11-4-2-3-5-12(11)14/h10-12H,2-9,14H2,1H3. The summed E-state index contributed by atoms with van der Waals surface area (Å²) in [6, 6.07) is 0.534. The molecular formula is C13H24N2O2. The van der Waals surface area contributed by atoms with Gasteiger partial charge in [-0.05, 0) is 25.7 Å². The normalized spacial score (nSPS) is 29.1. The fourth-order valence-corrected chi connectivity index (χ4v) is 2.73. The highest BCUT2D eigenvalue weighted by molar-refractivity contribution is 5.80. The Kier molecular flexibility index (Phi) is 4.40. The second-order valence-corrected chi connectivity index (χ2v) is 5.31. The first-order chi connectivity index (χ1) is 8.24. The van der Waals surface area contributed by atoms with E-state index in [0.29, 0.717) is 12.6 Å². The molecule has 1 amide bonds. The molecule has 2 fully saturated rings. The molecule has 4 heteroatoms. The van der Waals surface area contributed by atoms with E-state index in [-0.39, 0.29) is 17.9 Å². The summed E-state index contributed by atoms with van der Waals surface area (Å²) in [5.41, 5.74) is 6.09. The van der Waals surface area contributed by atoms with Crippen molar-refractivity contribution in [3.8, 4) is 0 Å². The average molecular weight is 240 g/mol. The molecule has 2 rings (SSSR count). The molecule has 0 radical (unpaired) electrons. The molecule has 0 spiro atoms. The largest absolute Gasteiger partial charge is 0.383 e. The molecular weight excluding hydrogens is 216 g/mol. The van der Waals surface area contributed by atoms with Crippen molar-refractivity contribution in [2.75, 3.05) is 20.3 Å². The van der Waals surface area contributed by atoms with E-state index in [9.17, 15) is 4.79 Å².